The fourth-order valence-electron chi connectivity index (χ4n) is 2.29. The van der Waals surface area contributed by atoms with Crippen molar-refractivity contribution in [3.63, 3.8) is 0 Å². The standard InChI is InChI=1S/C10H15ClN2O2S2/c1-7-3-8(2)6-13(5-7)17(14,15)9-4-12-10(11)16-9/h4,7-8H,3,5-6H2,1-2H3. The number of nitrogens with zero attached hydrogens (tertiary/aromatic N) is 2. The zero-order valence-corrected chi connectivity index (χ0v) is 12.1. The van der Waals surface area contributed by atoms with Crippen LogP contribution >= 0.6 is 22.9 Å². The zero-order chi connectivity index (χ0) is 12.6. The smallest absolute Gasteiger partial charge is 0.232 e. The maximum atomic E-state index is 12.3. The molecule has 2 rings (SSSR count). The summed E-state index contributed by atoms with van der Waals surface area (Å²) in [7, 11) is -3.40. The number of sulfonamides is 1. The third kappa shape index (κ3) is 2.81. The van der Waals surface area contributed by atoms with E-state index in [2.05, 4.69) is 18.8 Å². The molecule has 0 saturated carbocycles. The first-order chi connectivity index (χ1) is 7.89. The van der Waals surface area contributed by atoms with Crippen LogP contribution < -0.4 is 0 Å². The summed E-state index contributed by atoms with van der Waals surface area (Å²) in [6.45, 7) is 5.33. The minimum absolute atomic E-state index is 0.240. The van der Waals surface area contributed by atoms with E-state index in [0.29, 0.717) is 24.9 Å². The van der Waals surface area contributed by atoms with Gasteiger partial charge in [0, 0.05) is 13.1 Å². The molecule has 0 N–H and O–H groups in total. The lowest BCUT2D eigenvalue weighted by Crippen LogP contribution is -2.42. The third-order valence-corrected chi connectivity index (χ3v) is 6.27. The average Bonchev–Trinajstić information content (AvgIpc) is 2.64. The van der Waals surface area contributed by atoms with E-state index in [9.17, 15) is 8.42 Å². The highest BCUT2D eigenvalue weighted by atomic mass is 35.5. The van der Waals surface area contributed by atoms with Crippen LogP contribution in [0.25, 0.3) is 0 Å². The van der Waals surface area contributed by atoms with E-state index in [1.54, 1.807) is 4.31 Å². The van der Waals surface area contributed by atoms with Gasteiger partial charge in [-0.15, -0.1) is 0 Å². The van der Waals surface area contributed by atoms with E-state index in [4.69, 9.17) is 11.6 Å². The van der Waals surface area contributed by atoms with E-state index < -0.39 is 10.0 Å². The van der Waals surface area contributed by atoms with Gasteiger partial charge in [0.25, 0.3) is 10.0 Å². The van der Waals surface area contributed by atoms with Gasteiger partial charge in [-0.3, -0.25) is 0 Å². The molecule has 17 heavy (non-hydrogen) atoms. The fraction of sp³-hybridized carbons (Fsp3) is 0.700. The number of aromatic nitrogens is 1. The summed E-state index contributed by atoms with van der Waals surface area (Å²) in [5.41, 5.74) is 0. The third-order valence-electron chi connectivity index (χ3n) is 2.89. The zero-order valence-electron chi connectivity index (χ0n) is 9.76. The Balaban J connectivity index is 2.26. The van der Waals surface area contributed by atoms with Crippen LogP contribution in [0, 0.1) is 11.8 Å². The van der Waals surface area contributed by atoms with Gasteiger partial charge in [0.1, 0.15) is 0 Å². The molecule has 1 saturated heterocycles. The van der Waals surface area contributed by atoms with Crippen molar-refractivity contribution in [1.82, 2.24) is 9.29 Å². The second kappa shape index (κ2) is 4.84. The van der Waals surface area contributed by atoms with E-state index >= 15 is 0 Å². The Bertz CT molecular complexity index is 490. The number of hydrogen-bond donors (Lipinski definition) is 0. The summed E-state index contributed by atoms with van der Waals surface area (Å²) >= 11 is 6.70. The molecule has 2 heterocycles. The SMILES string of the molecule is CC1CC(C)CN(S(=O)(=O)c2cnc(Cl)s2)C1. The van der Waals surface area contributed by atoms with Gasteiger partial charge < -0.3 is 0 Å². The van der Waals surface area contributed by atoms with Crippen molar-refractivity contribution in [2.45, 2.75) is 24.5 Å². The van der Waals surface area contributed by atoms with Crippen molar-refractivity contribution < 1.29 is 8.42 Å². The largest absolute Gasteiger partial charge is 0.254 e. The van der Waals surface area contributed by atoms with Crippen LogP contribution in [0.4, 0.5) is 0 Å². The molecule has 4 nitrogen and oxygen atoms in total. The van der Waals surface area contributed by atoms with Crippen molar-refractivity contribution in [3.8, 4) is 0 Å². The number of thiazole rings is 1. The van der Waals surface area contributed by atoms with Crippen molar-refractivity contribution in [2.24, 2.45) is 11.8 Å². The minimum Gasteiger partial charge on any atom is -0.232 e. The maximum Gasteiger partial charge on any atom is 0.254 e. The number of halogens is 1. The molecule has 1 aliphatic heterocycles. The monoisotopic (exact) mass is 294 g/mol. The van der Waals surface area contributed by atoms with Gasteiger partial charge in [-0.25, -0.2) is 13.4 Å². The van der Waals surface area contributed by atoms with E-state index in [1.165, 1.54) is 6.20 Å². The molecule has 7 heteroatoms. The van der Waals surface area contributed by atoms with Gasteiger partial charge in [0.15, 0.2) is 8.68 Å². The predicted molar refractivity (Wildman–Crippen MR) is 68.8 cm³/mol. The molecule has 1 aliphatic rings. The number of hydrogen-bond acceptors (Lipinski definition) is 4. The Morgan fingerprint density at radius 3 is 2.47 bits per heavy atom. The van der Waals surface area contributed by atoms with Crippen molar-refractivity contribution in [3.05, 3.63) is 10.7 Å². The molecule has 1 aromatic heterocycles. The first kappa shape index (κ1) is 13.3. The van der Waals surface area contributed by atoms with Crippen LogP contribution in [0.3, 0.4) is 0 Å². The lowest BCUT2D eigenvalue weighted by atomic mass is 9.94. The van der Waals surface area contributed by atoms with Crippen molar-refractivity contribution >= 4 is 33.0 Å². The molecule has 2 unspecified atom stereocenters. The summed E-state index contributed by atoms with van der Waals surface area (Å²) in [5, 5.41) is 0. The minimum atomic E-state index is -3.40. The molecule has 1 fully saturated rings. The van der Waals surface area contributed by atoms with Crippen LogP contribution in [0.15, 0.2) is 10.4 Å². The number of rotatable bonds is 2. The first-order valence-corrected chi connectivity index (χ1v) is 8.14. The van der Waals surface area contributed by atoms with Crippen molar-refractivity contribution in [1.29, 1.82) is 0 Å². The summed E-state index contributed by atoms with van der Waals surface area (Å²) in [4.78, 5) is 3.79. The predicted octanol–water partition coefficient (Wildman–Crippen LogP) is 2.46. The highest BCUT2D eigenvalue weighted by Crippen LogP contribution is 2.30. The average molecular weight is 295 g/mol. The molecule has 96 valence electrons. The summed E-state index contributed by atoms with van der Waals surface area (Å²) in [5.74, 6) is 0.800. The normalized spacial score (nSPS) is 27.2. The molecular formula is C10H15ClN2O2S2. The highest BCUT2D eigenvalue weighted by molar-refractivity contribution is 7.91. The molecule has 0 bridgehead atoms. The molecular weight excluding hydrogens is 280 g/mol. The van der Waals surface area contributed by atoms with Crippen LogP contribution in [-0.2, 0) is 10.0 Å². The van der Waals surface area contributed by atoms with Crippen LogP contribution in [0.1, 0.15) is 20.3 Å². The van der Waals surface area contributed by atoms with E-state index in [0.717, 1.165) is 17.8 Å². The topological polar surface area (TPSA) is 50.3 Å². The quantitative estimate of drug-likeness (QED) is 0.842. The Morgan fingerprint density at radius 2 is 2.00 bits per heavy atom. The van der Waals surface area contributed by atoms with Gasteiger partial charge >= 0.3 is 0 Å². The van der Waals surface area contributed by atoms with Gasteiger partial charge in [0.05, 0.1) is 6.20 Å². The maximum absolute atomic E-state index is 12.3. The Morgan fingerprint density at radius 1 is 1.41 bits per heavy atom. The van der Waals surface area contributed by atoms with Crippen LogP contribution in [0.5, 0.6) is 0 Å². The lowest BCUT2D eigenvalue weighted by molar-refractivity contribution is 0.223. The second-order valence-corrected chi connectivity index (χ2v) is 8.48. The van der Waals surface area contributed by atoms with Crippen LogP contribution in [0.2, 0.25) is 4.47 Å². The van der Waals surface area contributed by atoms with Crippen LogP contribution in [-0.4, -0.2) is 30.8 Å². The molecule has 0 spiro atoms. The van der Waals surface area contributed by atoms with Crippen molar-refractivity contribution in [2.75, 3.05) is 13.1 Å². The molecule has 0 aliphatic carbocycles. The molecule has 2 atom stereocenters. The second-order valence-electron chi connectivity index (χ2n) is 4.70. The van der Waals surface area contributed by atoms with Gasteiger partial charge in [-0.05, 0) is 18.3 Å². The highest BCUT2D eigenvalue weighted by Gasteiger charge is 2.32. The fourth-order valence-corrected chi connectivity index (χ4v) is 5.42. The Hall–Kier alpha value is -0.170. The Labute approximate surface area is 111 Å². The molecule has 0 aromatic carbocycles. The Kier molecular flexibility index (Phi) is 3.77. The summed E-state index contributed by atoms with van der Waals surface area (Å²) < 4.78 is 26.7. The lowest BCUT2D eigenvalue weighted by Gasteiger charge is -2.33. The van der Waals surface area contributed by atoms with E-state index in [-0.39, 0.29) is 8.68 Å². The number of piperidine rings is 1. The summed E-state index contributed by atoms with van der Waals surface area (Å²) in [6.07, 6.45) is 2.42. The first-order valence-electron chi connectivity index (χ1n) is 5.51. The van der Waals surface area contributed by atoms with Gasteiger partial charge in [0.2, 0.25) is 0 Å². The molecule has 1 aromatic rings. The molecule has 0 radical (unpaired) electrons. The van der Waals surface area contributed by atoms with E-state index in [1.807, 2.05) is 0 Å². The van der Waals surface area contributed by atoms with Gasteiger partial charge in [-0.2, -0.15) is 4.31 Å². The molecule has 0 amide bonds. The van der Waals surface area contributed by atoms with Gasteiger partial charge in [-0.1, -0.05) is 36.8 Å². The summed E-state index contributed by atoms with van der Waals surface area (Å²) in [6, 6.07) is 0.